The van der Waals surface area contributed by atoms with Crippen LogP contribution in [0.25, 0.3) is 55.6 Å². The van der Waals surface area contributed by atoms with E-state index >= 15 is 0 Å². The minimum Gasteiger partial charge on any atom is -0.457 e. The fraction of sp³-hybridized carbons (Fsp3) is 0.0309. The van der Waals surface area contributed by atoms with E-state index in [0.717, 1.165) is 107 Å². The van der Waals surface area contributed by atoms with Gasteiger partial charge in [0.25, 0.3) is 6.71 Å². The molecule has 7 heteroatoms. The molecular weight excluding hydrogens is 1280 g/mol. The molecule has 20 rings (SSSR count). The summed E-state index contributed by atoms with van der Waals surface area (Å²) in [5.74, 6) is 1.79. The van der Waals surface area contributed by atoms with Crippen molar-refractivity contribution >= 4 is 92.0 Å². The number of nitrogens with zero attached hydrogens (tertiary/aromatic N) is 4. The molecular formula is C97H67BN4OS. The zero-order valence-electron chi connectivity index (χ0n) is 56.9. The first-order chi connectivity index (χ1) is 51.6. The Bertz CT molecular complexity index is 5840. The van der Waals surface area contributed by atoms with Crippen LogP contribution in [0.4, 0.5) is 62.6 Å². The summed E-state index contributed by atoms with van der Waals surface area (Å²) < 4.78 is 7.34. The molecule has 5 aliphatic rings. The van der Waals surface area contributed by atoms with E-state index in [2.05, 4.69) is 408 Å². The van der Waals surface area contributed by atoms with Crippen LogP contribution in [0, 0.1) is 5.92 Å². The second-order valence-electron chi connectivity index (χ2n) is 27.4. The third-order valence-electron chi connectivity index (χ3n) is 21.5. The average molecular weight is 1350 g/mol. The highest BCUT2D eigenvalue weighted by Crippen LogP contribution is 2.62. The first-order valence-corrected chi connectivity index (χ1v) is 36.8. The first kappa shape index (κ1) is 61.1. The van der Waals surface area contributed by atoms with Crippen LogP contribution in [0.3, 0.4) is 0 Å². The van der Waals surface area contributed by atoms with Gasteiger partial charge in [0.15, 0.2) is 0 Å². The molecule has 1 aliphatic carbocycles. The monoisotopic (exact) mass is 1350 g/mol. The van der Waals surface area contributed by atoms with Crippen molar-refractivity contribution in [1.82, 2.24) is 0 Å². The number of thioether (sulfide) groups is 1. The lowest BCUT2D eigenvalue weighted by molar-refractivity contribution is 0.416. The Kier molecular flexibility index (Phi) is 15.1. The molecule has 4 heterocycles. The van der Waals surface area contributed by atoms with E-state index in [4.69, 9.17) is 4.74 Å². The quantitative estimate of drug-likeness (QED) is 0.107. The molecule has 0 bridgehead atoms. The molecule has 0 saturated heterocycles. The van der Waals surface area contributed by atoms with Crippen LogP contribution in [0.15, 0.2) is 404 Å². The van der Waals surface area contributed by atoms with Crippen LogP contribution in [0.2, 0.25) is 0 Å². The number of anilines is 11. The minimum atomic E-state index is -0.158. The van der Waals surface area contributed by atoms with Gasteiger partial charge in [-0.25, -0.2) is 0 Å². The summed E-state index contributed by atoms with van der Waals surface area (Å²) in [5, 5.41) is -0.0175. The maximum Gasteiger partial charge on any atom is 0.251 e. The largest absolute Gasteiger partial charge is 0.457 e. The summed E-state index contributed by atoms with van der Waals surface area (Å²) >= 11 is 1.98. The second kappa shape index (κ2) is 25.7. The number of para-hydroxylation sites is 4. The molecule has 3 unspecified atom stereocenters. The Hall–Kier alpha value is -12.8. The predicted octanol–water partition coefficient (Wildman–Crippen LogP) is 24.9. The highest BCUT2D eigenvalue weighted by molar-refractivity contribution is 8.00. The lowest BCUT2D eigenvalue weighted by Gasteiger charge is -2.50. The van der Waals surface area contributed by atoms with E-state index in [1.807, 2.05) is 11.8 Å². The number of benzene rings is 15. The third kappa shape index (κ3) is 10.6. The van der Waals surface area contributed by atoms with Crippen molar-refractivity contribution in [2.24, 2.45) is 5.92 Å². The van der Waals surface area contributed by atoms with Gasteiger partial charge in [0, 0.05) is 95.9 Å². The molecule has 4 aliphatic heterocycles. The fourth-order valence-corrected chi connectivity index (χ4v) is 18.3. The molecule has 15 aromatic rings. The number of fused-ring (bicyclic) bond motifs is 8. The van der Waals surface area contributed by atoms with Gasteiger partial charge in [-0.2, -0.15) is 0 Å². The van der Waals surface area contributed by atoms with Gasteiger partial charge in [0.05, 0.1) is 17.1 Å². The van der Waals surface area contributed by atoms with E-state index in [1.54, 1.807) is 0 Å². The minimum absolute atomic E-state index is 0.0175. The first-order valence-electron chi connectivity index (χ1n) is 35.9. The van der Waals surface area contributed by atoms with Crippen LogP contribution in [0.1, 0.15) is 17.0 Å². The number of ether oxygens (including phenoxy) is 1. The van der Waals surface area contributed by atoms with Crippen molar-refractivity contribution in [3.8, 4) is 67.1 Å². The topological polar surface area (TPSA) is 22.2 Å². The Labute approximate surface area is 611 Å². The van der Waals surface area contributed by atoms with Crippen molar-refractivity contribution in [3.05, 3.63) is 411 Å². The van der Waals surface area contributed by atoms with Gasteiger partial charge in [-0.05, 0) is 170 Å². The summed E-state index contributed by atoms with van der Waals surface area (Å²) in [6, 6.07) is 138. The molecule has 0 fully saturated rings. The summed E-state index contributed by atoms with van der Waals surface area (Å²) in [6.07, 6.45) is 5.40. The molecule has 15 aromatic carbocycles. The second-order valence-corrected chi connectivity index (χ2v) is 28.6. The number of allylic oxidation sites excluding steroid dienone is 2. The molecule has 5 nitrogen and oxygen atoms in total. The normalized spacial score (nSPS) is 15.5. The summed E-state index contributed by atoms with van der Waals surface area (Å²) in [7, 11) is 0. The van der Waals surface area contributed by atoms with Crippen LogP contribution in [-0.4, -0.2) is 12.0 Å². The van der Waals surface area contributed by atoms with E-state index in [1.165, 1.54) is 60.4 Å². The lowest BCUT2D eigenvalue weighted by atomic mass is 9.31. The van der Waals surface area contributed by atoms with Crippen molar-refractivity contribution in [2.45, 2.75) is 16.1 Å². The standard InChI is InChI=1S/C97H67BN4OS/c1-7-27-65(28-8-1)69-49-53-75(54-50-69)99(77-41-25-37-72(57-77)67-31-11-3-12-32-67)79-59-89-97-90(60-79)102(86-46-22-19-43-81(86)71-35-15-5-16-36-71)88-64-93-83(63-85(88)98(97)84-45-21-23-47-87(84)101(89)74-39-17-6-18-40-74)95-82-44-20-24-48-91(82)103-92-61-80(62-94(104-93)96(92)95)100(76-55-51-70(52-56-76)66-29-9-2-10-30-66)78-42-26-38-73(58-78)68-33-13-4-14-34-68/h1-64,83,93,95H. The highest BCUT2D eigenvalue weighted by Gasteiger charge is 2.51. The Balaban J connectivity index is 0.826. The highest BCUT2D eigenvalue weighted by atomic mass is 32.2. The molecule has 0 saturated carbocycles. The van der Waals surface area contributed by atoms with Crippen molar-refractivity contribution < 1.29 is 4.74 Å². The van der Waals surface area contributed by atoms with Gasteiger partial charge in [0.1, 0.15) is 11.5 Å². The number of hydrogen-bond acceptors (Lipinski definition) is 6. The Morgan fingerprint density at radius 1 is 0.317 bits per heavy atom. The molecule has 0 spiro atoms. The van der Waals surface area contributed by atoms with E-state index in [9.17, 15) is 0 Å². The third-order valence-corrected chi connectivity index (χ3v) is 22.8. The van der Waals surface area contributed by atoms with Crippen molar-refractivity contribution in [2.75, 3.05) is 19.6 Å². The Morgan fingerprint density at radius 3 is 1.37 bits per heavy atom. The van der Waals surface area contributed by atoms with Crippen LogP contribution < -0.4 is 35.3 Å². The summed E-state index contributed by atoms with van der Waals surface area (Å²) in [6.45, 7) is -0.158. The average Bonchev–Trinajstić information content (AvgIpc) is 0.688. The molecule has 0 radical (unpaired) electrons. The summed E-state index contributed by atoms with van der Waals surface area (Å²) in [5.41, 5.74) is 31.0. The van der Waals surface area contributed by atoms with E-state index < -0.39 is 0 Å². The van der Waals surface area contributed by atoms with E-state index in [0.29, 0.717) is 0 Å². The van der Waals surface area contributed by atoms with Crippen molar-refractivity contribution in [1.29, 1.82) is 0 Å². The van der Waals surface area contributed by atoms with Gasteiger partial charge >= 0.3 is 0 Å². The Morgan fingerprint density at radius 2 is 0.779 bits per heavy atom. The maximum atomic E-state index is 7.34. The van der Waals surface area contributed by atoms with Crippen LogP contribution >= 0.6 is 11.8 Å². The van der Waals surface area contributed by atoms with Gasteiger partial charge < -0.3 is 24.3 Å². The zero-order chi connectivity index (χ0) is 68.6. The molecule has 104 heavy (non-hydrogen) atoms. The van der Waals surface area contributed by atoms with Gasteiger partial charge in [-0.3, -0.25) is 0 Å². The van der Waals surface area contributed by atoms with Gasteiger partial charge in [0.2, 0.25) is 0 Å². The number of rotatable bonds is 13. The fourth-order valence-electron chi connectivity index (χ4n) is 16.8. The van der Waals surface area contributed by atoms with Crippen LogP contribution in [0.5, 0.6) is 11.5 Å². The van der Waals surface area contributed by atoms with Crippen molar-refractivity contribution in [3.63, 3.8) is 0 Å². The molecule has 0 amide bonds. The molecule has 3 atom stereocenters. The van der Waals surface area contributed by atoms with E-state index in [-0.39, 0.29) is 23.8 Å². The van der Waals surface area contributed by atoms with Crippen LogP contribution in [-0.2, 0) is 0 Å². The molecule has 0 N–H and O–H groups in total. The summed E-state index contributed by atoms with van der Waals surface area (Å²) in [4.78, 5) is 11.3. The molecule has 490 valence electrons. The SMILES string of the molecule is C1=C2B3c4ccccc4N(c4ccccc4)c4cc(N(c5ccc(-c6ccccc6)cc5)c5cccc(-c6ccccc6)c5)cc(c43)N(c3ccccc3-c3ccccc3)C2=CC2Sc3cc(N(c4ccc(-c5ccccc5)cc4)c4cccc(-c5ccccc5)c4)cc4c3C(c3ccccc3O4)C12. The predicted molar refractivity (Wildman–Crippen MR) is 435 cm³/mol. The lowest BCUT2D eigenvalue weighted by Crippen LogP contribution is -2.57. The molecule has 0 aromatic heterocycles. The van der Waals surface area contributed by atoms with Gasteiger partial charge in [-0.15, -0.1) is 11.8 Å². The number of hydrogen-bond donors (Lipinski definition) is 0. The van der Waals surface area contributed by atoms with Gasteiger partial charge in [-0.1, -0.05) is 279 Å². The smallest absolute Gasteiger partial charge is 0.251 e. The zero-order valence-corrected chi connectivity index (χ0v) is 57.7. The maximum absolute atomic E-state index is 7.34.